The SMILES string of the molecule is CC(=O)N(Cc1ccc(Nc2nc(C(F)F)nc3ccccc23)cc1)C1CC1. The number of aromatic nitrogens is 2. The molecule has 28 heavy (non-hydrogen) atoms. The van der Waals surface area contributed by atoms with Gasteiger partial charge in [0, 0.05) is 30.6 Å². The first-order valence-corrected chi connectivity index (χ1v) is 9.19. The van der Waals surface area contributed by atoms with E-state index in [1.54, 1.807) is 25.1 Å². The van der Waals surface area contributed by atoms with E-state index >= 15 is 0 Å². The third-order valence-electron chi connectivity index (χ3n) is 4.78. The number of para-hydroxylation sites is 1. The molecule has 1 aliphatic rings. The molecule has 7 heteroatoms. The van der Waals surface area contributed by atoms with Crippen molar-refractivity contribution in [2.45, 2.75) is 38.8 Å². The second-order valence-corrected chi connectivity index (χ2v) is 6.95. The van der Waals surface area contributed by atoms with E-state index in [1.807, 2.05) is 35.2 Å². The molecule has 2 aromatic carbocycles. The minimum atomic E-state index is -2.74. The van der Waals surface area contributed by atoms with Crippen LogP contribution in [-0.2, 0) is 11.3 Å². The number of fused-ring (bicyclic) bond motifs is 1. The maximum absolute atomic E-state index is 13.1. The molecular formula is C21H20F2N4O. The number of amides is 1. The van der Waals surface area contributed by atoms with E-state index in [1.165, 1.54) is 0 Å². The summed E-state index contributed by atoms with van der Waals surface area (Å²) in [6.45, 7) is 2.17. The molecule has 5 nitrogen and oxygen atoms in total. The van der Waals surface area contributed by atoms with Crippen LogP contribution in [-0.4, -0.2) is 26.8 Å². The van der Waals surface area contributed by atoms with Crippen molar-refractivity contribution >= 4 is 28.3 Å². The van der Waals surface area contributed by atoms with E-state index in [-0.39, 0.29) is 5.91 Å². The minimum Gasteiger partial charge on any atom is -0.340 e. The molecule has 1 fully saturated rings. The summed E-state index contributed by atoms with van der Waals surface area (Å²) in [5.41, 5.74) is 2.22. The van der Waals surface area contributed by atoms with E-state index in [2.05, 4.69) is 15.3 Å². The van der Waals surface area contributed by atoms with Gasteiger partial charge in [-0.2, -0.15) is 0 Å². The first kappa shape index (κ1) is 18.3. The van der Waals surface area contributed by atoms with Crippen LogP contribution in [0.15, 0.2) is 48.5 Å². The summed E-state index contributed by atoms with van der Waals surface area (Å²) in [6, 6.07) is 15.0. The monoisotopic (exact) mass is 382 g/mol. The Morgan fingerprint density at radius 1 is 1.14 bits per heavy atom. The number of carbonyl (C=O) groups excluding carboxylic acids is 1. The number of hydrogen-bond acceptors (Lipinski definition) is 4. The lowest BCUT2D eigenvalue weighted by molar-refractivity contribution is -0.130. The van der Waals surface area contributed by atoms with Gasteiger partial charge in [0.2, 0.25) is 5.91 Å². The molecule has 0 radical (unpaired) electrons. The minimum absolute atomic E-state index is 0.0803. The van der Waals surface area contributed by atoms with E-state index in [0.717, 1.165) is 24.1 Å². The van der Waals surface area contributed by atoms with Gasteiger partial charge in [0.1, 0.15) is 5.82 Å². The summed E-state index contributed by atoms with van der Waals surface area (Å²) >= 11 is 0. The summed E-state index contributed by atoms with van der Waals surface area (Å²) in [4.78, 5) is 21.6. The molecule has 1 heterocycles. The first-order chi connectivity index (χ1) is 13.5. The van der Waals surface area contributed by atoms with Crippen molar-refractivity contribution in [1.29, 1.82) is 0 Å². The average Bonchev–Trinajstić information content (AvgIpc) is 3.52. The summed E-state index contributed by atoms with van der Waals surface area (Å²) in [6.07, 6.45) is -0.619. The maximum atomic E-state index is 13.1. The number of nitrogens with one attached hydrogen (secondary N) is 1. The second-order valence-electron chi connectivity index (χ2n) is 6.95. The summed E-state index contributed by atoms with van der Waals surface area (Å²) in [5.74, 6) is -0.0759. The lowest BCUT2D eigenvalue weighted by Gasteiger charge is -2.20. The number of carbonyl (C=O) groups is 1. The normalized spacial score (nSPS) is 13.7. The lowest BCUT2D eigenvalue weighted by atomic mass is 10.1. The first-order valence-electron chi connectivity index (χ1n) is 9.19. The predicted molar refractivity (Wildman–Crippen MR) is 103 cm³/mol. The number of rotatable bonds is 6. The quantitative estimate of drug-likeness (QED) is 0.664. The predicted octanol–water partition coefficient (Wildman–Crippen LogP) is 4.82. The van der Waals surface area contributed by atoms with Gasteiger partial charge in [0.05, 0.1) is 5.52 Å². The van der Waals surface area contributed by atoms with E-state index in [0.29, 0.717) is 29.3 Å². The Kier molecular flexibility index (Phi) is 4.90. The topological polar surface area (TPSA) is 58.1 Å². The van der Waals surface area contributed by atoms with Crippen LogP contribution < -0.4 is 5.32 Å². The molecule has 1 aliphatic carbocycles. The fourth-order valence-corrected chi connectivity index (χ4v) is 3.20. The highest BCUT2D eigenvalue weighted by atomic mass is 19.3. The molecule has 0 bridgehead atoms. The van der Waals surface area contributed by atoms with E-state index < -0.39 is 12.2 Å². The molecule has 144 valence electrons. The Labute approximate surface area is 161 Å². The van der Waals surface area contributed by atoms with Gasteiger partial charge in [-0.3, -0.25) is 4.79 Å². The van der Waals surface area contributed by atoms with Crippen molar-refractivity contribution in [1.82, 2.24) is 14.9 Å². The number of benzene rings is 2. The number of nitrogens with zero attached hydrogens (tertiary/aromatic N) is 3. The third kappa shape index (κ3) is 3.93. The molecule has 1 amide bonds. The highest BCUT2D eigenvalue weighted by Crippen LogP contribution is 2.29. The van der Waals surface area contributed by atoms with Crippen molar-refractivity contribution in [2.75, 3.05) is 5.32 Å². The summed E-state index contributed by atoms with van der Waals surface area (Å²) in [7, 11) is 0. The van der Waals surface area contributed by atoms with E-state index in [4.69, 9.17) is 0 Å². The van der Waals surface area contributed by atoms with Crippen LogP contribution in [0.2, 0.25) is 0 Å². The zero-order valence-corrected chi connectivity index (χ0v) is 15.4. The van der Waals surface area contributed by atoms with Crippen molar-refractivity contribution < 1.29 is 13.6 Å². The van der Waals surface area contributed by atoms with Crippen molar-refractivity contribution in [3.8, 4) is 0 Å². The van der Waals surface area contributed by atoms with Crippen LogP contribution in [0.5, 0.6) is 0 Å². The van der Waals surface area contributed by atoms with Gasteiger partial charge in [0.15, 0.2) is 5.82 Å². The van der Waals surface area contributed by atoms with Crippen molar-refractivity contribution in [3.05, 3.63) is 59.9 Å². The summed E-state index contributed by atoms with van der Waals surface area (Å²) in [5, 5.41) is 3.79. The molecule has 3 aromatic rings. The highest BCUT2D eigenvalue weighted by Gasteiger charge is 2.30. The number of hydrogen-bond donors (Lipinski definition) is 1. The van der Waals surface area contributed by atoms with Gasteiger partial charge in [0.25, 0.3) is 6.43 Å². The van der Waals surface area contributed by atoms with Crippen LogP contribution in [0.4, 0.5) is 20.3 Å². The zero-order chi connectivity index (χ0) is 19.7. The zero-order valence-electron chi connectivity index (χ0n) is 15.4. The molecule has 4 rings (SSSR count). The molecule has 0 saturated heterocycles. The average molecular weight is 382 g/mol. The van der Waals surface area contributed by atoms with Gasteiger partial charge in [-0.25, -0.2) is 18.7 Å². The highest BCUT2D eigenvalue weighted by molar-refractivity contribution is 5.90. The smallest absolute Gasteiger partial charge is 0.297 e. The lowest BCUT2D eigenvalue weighted by Crippen LogP contribution is -2.30. The third-order valence-corrected chi connectivity index (χ3v) is 4.78. The van der Waals surface area contributed by atoms with E-state index in [9.17, 15) is 13.6 Å². The Bertz CT molecular complexity index is 1000. The van der Waals surface area contributed by atoms with Gasteiger partial charge < -0.3 is 10.2 Å². The Balaban J connectivity index is 1.57. The molecular weight excluding hydrogens is 362 g/mol. The molecule has 0 unspecified atom stereocenters. The molecule has 1 N–H and O–H groups in total. The van der Waals surface area contributed by atoms with Gasteiger partial charge in [-0.1, -0.05) is 24.3 Å². The van der Waals surface area contributed by atoms with Crippen LogP contribution in [0.25, 0.3) is 10.9 Å². The number of anilines is 2. The Hall–Kier alpha value is -3.09. The van der Waals surface area contributed by atoms with Crippen LogP contribution in [0.3, 0.4) is 0 Å². The Morgan fingerprint density at radius 3 is 2.50 bits per heavy atom. The fraction of sp³-hybridized carbons (Fsp3) is 0.286. The van der Waals surface area contributed by atoms with Crippen molar-refractivity contribution in [2.24, 2.45) is 0 Å². The molecule has 0 spiro atoms. The van der Waals surface area contributed by atoms with Gasteiger partial charge in [-0.05, 0) is 42.7 Å². The maximum Gasteiger partial charge on any atom is 0.297 e. The molecule has 1 aromatic heterocycles. The fourth-order valence-electron chi connectivity index (χ4n) is 3.20. The number of halogens is 2. The largest absolute Gasteiger partial charge is 0.340 e. The standard InChI is InChI=1S/C21H20F2N4O/c1-13(28)27(16-10-11-16)12-14-6-8-15(9-7-14)24-20-17-4-2-3-5-18(17)25-21(26-20)19(22)23/h2-9,16,19H,10-12H2,1H3,(H,24,25,26). The summed E-state index contributed by atoms with van der Waals surface area (Å²) < 4.78 is 26.3. The second kappa shape index (κ2) is 7.50. The van der Waals surface area contributed by atoms with Crippen molar-refractivity contribution in [3.63, 3.8) is 0 Å². The van der Waals surface area contributed by atoms with Crippen LogP contribution in [0.1, 0.15) is 37.6 Å². The van der Waals surface area contributed by atoms with Crippen LogP contribution in [0, 0.1) is 0 Å². The number of alkyl halides is 2. The van der Waals surface area contributed by atoms with Crippen LogP contribution >= 0.6 is 0 Å². The Morgan fingerprint density at radius 2 is 1.86 bits per heavy atom. The van der Waals surface area contributed by atoms with Gasteiger partial charge >= 0.3 is 0 Å². The molecule has 0 aliphatic heterocycles. The van der Waals surface area contributed by atoms with Gasteiger partial charge in [-0.15, -0.1) is 0 Å². The molecule has 1 saturated carbocycles. The molecule has 0 atom stereocenters.